The van der Waals surface area contributed by atoms with Gasteiger partial charge >= 0.3 is 0 Å². The van der Waals surface area contributed by atoms with Gasteiger partial charge in [-0.25, -0.2) is 0 Å². The summed E-state index contributed by atoms with van der Waals surface area (Å²) in [6.07, 6.45) is 0.876. The van der Waals surface area contributed by atoms with Crippen molar-refractivity contribution in [2.24, 2.45) is 0 Å². The van der Waals surface area contributed by atoms with Crippen LogP contribution < -0.4 is 20.1 Å². The summed E-state index contributed by atoms with van der Waals surface area (Å²) >= 11 is 6.01. The zero-order valence-electron chi connectivity index (χ0n) is 10.5. The molecule has 0 bridgehead atoms. The molecule has 1 aliphatic rings. The van der Waals surface area contributed by atoms with Crippen LogP contribution in [0.3, 0.4) is 0 Å². The van der Waals surface area contributed by atoms with Gasteiger partial charge in [0.2, 0.25) is 6.79 Å². The number of ether oxygens (including phenoxy) is 2. The quantitative estimate of drug-likeness (QED) is 0.815. The molecule has 2 rings (SSSR count). The van der Waals surface area contributed by atoms with Crippen molar-refractivity contribution in [3.63, 3.8) is 0 Å². The summed E-state index contributed by atoms with van der Waals surface area (Å²) < 4.78 is 10.4. The first-order chi connectivity index (χ1) is 8.72. The largest absolute Gasteiger partial charge is 0.454 e. The molecule has 0 aromatic heterocycles. The summed E-state index contributed by atoms with van der Waals surface area (Å²) in [5, 5.41) is 6.23. The fourth-order valence-corrected chi connectivity index (χ4v) is 1.93. The molecule has 0 saturated carbocycles. The van der Waals surface area contributed by atoms with Gasteiger partial charge in [0, 0.05) is 12.1 Å². The van der Waals surface area contributed by atoms with E-state index in [2.05, 4.69) is 10.6 Å². The third-order valence-corrected chi connectivity index (χ3v) is 2.86. The molecule has 0 radical (unpaired) electrons. The van der Waals surface area contributed by atoms with Crippen LogP contribution in [0, 0.1) is 0 Å². The van der Waals surface area contributed by atoms with Gasteiger partial charge < -0.3 is 20.1 Å². The fraction of sp³-hybridized carbons (Fsp3) is 0.417. The van der Waals surface area contributed by atoms with E-state index < -0.39 is 0 Å². The molecule has 7 heteroatoms. The van der Waals surface area contributed by atoms with Crippen molar-refractivity contribution in [3.05, 3.63) is 22.7 Å². The van der Waals surface area contributed by atoms with Gasteiger partial charge in [0.15, 0.2) is 11.5 Å². The SMILES string of the molecule is CNCCCNC(=O)c1cc(Cl)c2c(c1)OCO2.Cl. The van der Waals surface area contributed by atoms with E-state index in [1.807, 2.05) is 7.05 Å². The maximum absolute atomic E-state index is 11.9. The Morgan fingerprint density at radius 2 is 2.16 bits per heavy atom. The molecular weight excluding hydrogens is 291 g/mol. The van der Waals surface area contributed by atoms with Crippen molar-refractivity contribution in [1.82, 2.24) is 10.6 Å². The lowest BCUT2D eigenvalue weighted by atomic mass is 10.2. The number of amides is 1. The van der Waals surface area contributed by atoms with Gasteiger partial charge in [0.1, 0.15) is 0 Å². The van der Waals surface area contributed by atoms with Gasteiger partial charge in [-0.15, -0.1) is 12.4 Å². The van der Waals surface area contributed by atoms with E-state index in [9.17, 15) is 4.79 Å². The van der Waals surface area contributed by atoms with E-state index >= 15 is 0 Å². The normalized spacial score (nSPS) is 11.9. The average Bonchev–Trinajstić information content (AvgIpc) is 2.83. The molecule has 1 aromatic carbocycles. The Hall–Kier alpha value is -1.17. The number of benzene rings is 1. The van der Waals surface area contributed by atoms with E-state index in [4.69, 9.17) is 21.1 Å². The highest BCUT2D eigenvalue weighted by atomic mass is 35.5. The summed E-state index contributed by atoms with van der Waals surface area (Å²) in [7, 11) is 1.87. The summed E-state index contributed by atoms with van der Waals surface area (Å²) in [4.78, 5) is 11.9. The minimum absolute atomic E-state index is 0. The summed E-state index contributed by atoms with van der Waals surface area (Å²) in [5.74, 6) is 0.859. The number of carbonyl (C=O) groups is 1. The predicted octanol–water partition coefficient (Wildman–Crippen LogP) is 1.83. The van der Waals surface area contributed by atoms with Crippen molar-refractivity contribution in [1.29, 1.82) is 0 Å². The van der Waals surface area contributed by atoms with E-state index in [1.165, 1.54) is 0 Å². The van der Waals surface area contributed by atoms with Crippen molar-refractivity contribution in [3.8, 4) is 11.5 Å². The van der Waals surface area contributed by atoms with E-state index in [-0.39, 0.29) is 25.1 Å². The lowest BCUT2D eigenvalue weighted by Gasteiger charge is -2.06. The van der Waals surface area contributed by atoms with Crippen LogP contribution in [0.2, 0.25) is 5.02 Å². The highest BCUT2D eigenvalue weighted by Crippen LogP contribution is 2.39. The zero-order valence-corrected chi connectivity index (χ0v) is 12.1. The smallest absolute Gasteiger partial charge is 0.251 e. The van der Waals surface area contributed by atoms with Crippen molar-refractivity contribution >= 4 is 29.9 Å². The van der Waals surface area contributed by atoms with Crippen molar-refractivity contribution in [2.45, 2.75) is 6.42 Å². The first-order valence-electron chi connectivity index (χ1n) is 5.74. The minimum Gasteiger partial charge on any atom is -0.454 e. The second kappa shape index (κ2) is 7.43. The monoisotopic (exact) mass is 306 g/mol. The van der Waals surface area contributed by atoms with Gasteiger partial charge in [-0.2, -0.15) is 0 Å². The third kappa shape index (κ3) is 3.89. The maximum Gasteiger partial charge on any atom is 0.251 e. The van der Waals surface area contributed by atoms with Crippen molar-refractivity contribution in [2.75, 3.05) is 26.9 Å². The Bertz CT molecular complexity index is 455. The van der Waals surface area contributed by atoms with Gasteiger partial charge in [-0.3, -0.25) is 4.79 Å². The molecule has 0 atom stereocenters. The zero-order chi connectivity index (χ0) is 13.0. The van der Waals surface area contributed by atoms with Crippen LogP contribution in [0.4, 0.5) is 0 Å². The molecule has 5 nitrogen and oxygen atoms in total. The molecule has 106 valence electrons. The highest BCUT2D eigenvalue weighted by Gasteiger charge is 2.20. The van der Waals surface area contributed by atoms with Crippen LogP contribution in [0.5, 0.6) is 11.5 Å². The number of hydrogen-bond acceptors (Lipinski definition) is 4. The Morgan fingerprint density at radius 3 is 2.89 bits per heavy atom. The molecule has 2 N–H and O–H groups in total. The van der Waals surface area contributed by atoms with Gasteiger partial charge in [-0.1, -0.05) is 11.6 Å². The van der Waals surface area contributed by atoms with Crippen molar-refractivity contribution < 1.29 is 14.3 Å². The molecular formula is C12H16Cl2N2O3. The topological polar surface area (TPSA) is 59.6 Å². The van der Waals surface area contributed by atoms with E-state index in [1.54, 1.807) is 12.1 Å². The van der Waals surface area contributed by atoms with Crippen LogP contribution in [0.1, 0.15) is 16.8 Å². The summed E-state index contributed by atoms with van der Waals surface area (Å²) in [6.45, 7) is 1.62. The molecule has 19 heavy (non-hydrogen) atoms. The number of nitrogens with one attached hydrogen (secondary N) is 2. The molecule has 1 heterocycles. The predicted molar refractivity (Wildman–Crippen MR) is 75.7 cm³/mol. The molecule has 0 fully saturated rings. The average molecular weight is 307 g/mol. The molecule has 1 aromatic rings. The third-order valence-electron chi connectivity index (χ3n) is 2.58. The Morgan fingerprint density at radius 1 is 1.37 bits per heavy atom. The van der Waals surface area contributed by atoms with Crippen LogP contribution in [-0.2, 0) is 0 Å². The lowest BCUT2D eigenvalue weighted by Crippen LogP contribution is -2.26. The lowest BCUT2D eigenvalue weighted by molar-refractivity contribution is 0.0953. The summed E-state index contributed by atoms with van der Waals surface area (Å²) in [5.41, 5.74) is 0.480. The molecule has 0 saturated heterocycles. The molecule has 1 amide bonds. The van der Waals surface area contributed by atoms with E-state index in [0.29, 0.717) is 28.6 Å². The summed E-state index contributed by atoms with van der Waals surface area (Å²) in [6, 6.07) is 3.23. The van der Waals surface area contributed by atoms with Crippen LogP contribution in [0.15, 0.2) is 12.1 Å². The number of carbonyl (C=O) groups excluding carboxylic acids is 1. The second-order valence-corrected chi connectivity index (χ2v) is 4.31. The molecule has 0 aliphatic carbocycles. The number of hydrogen-bond donors (Lipinski definition) is 2. The Labute approximate surface area is 123 Å². The number of rotatable bonds is 5. The molecule has 0 unspecified atom stereocenters. The van der Waals surface area contributed by atoms with Crippen LogP contribution >= 0.6 is 24.0 Å². The minimum atomic E-state index is -0.161. The second-order valence-electron chi connectivity index (χ2n) is 3.90. The molecule has 0 spiro atoms. The number of fused-ring (bicyclic) bond motifs is 1. The van der Waals surface area contributed by atoms with E-state index in [0.717, 1.165) is 13.0 Å². The fourth-order valence-electron chi connectivity index (χ4n) is 1.67. The number of halogens is 2. The Kier molecular flexibility index (Phi) is 6.21. The highest BCUT2D eigenvalue weighted by molar-refractivity contribution is 6.32. The van der Waals surface area contributed by atoms with Gasteiger partial charge in [-0.05, 0) is 32.1 Å². The van der Waals surface area contributed by atoms with Gasteiger partial charge in [0.25, 0.3) is 5.91 Å². The standard InChI is InChI=1S/C12H15ClN2O3.ClH/c1-14-3-2-4-15-12(16)8-5-9(13)11-10(6-8)17-7-18-11;/h5-6,14H,2-4,7H2,1H3,(H,15,16);1H. The maximum atomic E-state index is 11.9. The van der Waals surface area contributed by atoms with Gasteiger partial charge in [0.05, 0.1) is 5.02 Å². The van der Waals surface area contributed by atoms with Crippen LogP contribution in [-0.4, -0.2) is 32.8 Å². The first-order valence-corrected chi connectivity index (χ1v) is 6.12. The van der Waals surface area contributed by atoms with Crippen LogP contribution in [0.25, 0.3) is 0 Å². The molecule has 1 aliphatic heterocycles. The Balaban J connectivity index is 0.00000180. The first kappa shape index (κ1) is 15.9.